The first-order valence-corrected chi connectivity index (χ1v) is 4.49. The largest absolute Gasteiger partial charge is 0.382 e. The lowest BCUT2D eigenvalue weighted by Crippen LogP contribution is -2.08. The Morgan fingerprint density at radius 1 is 1.20 bits per heavy atom. The molecule has 0 aliphatic carbocycles. The number of benzene rings is 1. The Kier molecular flexibility index (Phi) is 2.60. The molecule has 2 aromatic rings. The van der Waals surface area contributed by atoms with E-state index in [1.54, 1.807) is 24.4 Å². The number of rotatable bonds is 2. The maximum atomic E-state index is 12.4. The molecule has 1 N–H and O–H groups in total. The van der Waals surface area contributed by atoms with E-state index in [-0.39, 0.29) is 5.56 Å². The van der Waals surface area contributed by atoms with Crippen molar-refractivity contribution in [3.63, 3.8) is 0 Å². The van der Waals surface area contributed by atoms with Gasteiger partial charge in [-0.05, 0) is 17.0 Å². The van der Waals surface area contributed by atoms with Crippen molar-refractivity contribution in [3.8, 4) is 0 Å². The zero-order chi connectivity index (χ0) is 10.8. The zero-order valence-corrected chi connectivity index (χ0v) is 7.77. The lowest BCUT2D eigenvalue weighted by Gasteiger charge is -2.12. The Morgan fingerprint density at radius 2 is 2.00 bits per heavy atom. The number of nitrogens with zero attached hydrogens (tertiary/aromatic N) is 1. The fraction of sp³-hybridized carbons (Fsp3) is 0.182. The maximum absolute atomic E-state index is 12.4. The van der Waals surface area contributed by atoms with Crippen LogP contribution in [0.4, 0.5) is 8.78 Å². The summed E-state index contributed by atoms with van der Waals surface area (Å²) in [5.74, 6) is 0. The summed E-state index contributed by atoms with van der Waals surface area (Å²) < 4.78 is 24.7. The van der Waals surface area contributed by atoms with E-state index in [0.29, 0.717) is 5.39 Å². The average Bonchev–Trinajstić information content (AvgIpc) is 2.27. The third kappa shape index (κ3) is 1.80. The number of aliphatic hydroxyl groups is 1. The van der Waals surface area contributed by atoms with Crippen LogP contribution in [-0.4, -0.2) is 16.5 Å². The summed E-state index contributed by atoms with van der Waals surface area (Å²) in [5.41, 5.74) is 0.218. The second-order valence-electron chi connectivity index (χ2n) is 3.22. The first kappa shape index (κ1) is 9.98. The molecule has 1 aromatic heterocycles. The van der Waals surface area contributed by atoms with Crippen LogP contribution in [-0.2, 0) is 0 Å². The Morgan fingerprint density at radius 3 is 2.73 bits per heavy atom. The Hall–Kier alpha value is -1.55. The highest BCUT2D eigenvalue weighted by atomic mass is 19.3. The van der Waals surface area contributed by atoms with E-state index in [1.807, 2.05) is 0 Å². The molecule has 1 heterocycles. The molecule has 0 spiro atoms. The molecule has 0 saturated heterocycles. The number of fused-ring (bicyclic) bond motifs is 1. The van der Waals surface area contributed by atoms with Crippen LogP contribution in [0.1, 0.15) is 11.7 Å². The van der Waals surface area contributed by atoms with Gasteiger partial charge in [0.2, 0.25) is 0 Å². The molecule has 0 aliphatic rings. The van der Waals surface area contributed by atoms with Crippen molar-refractivity contribution >= 4 is 10.8 Å². The van der Waals surface area contributed by atoms with E-state index in [4.69, 9.17) is 0 Å². The maximum Gasteiger partial charge on any atom is 0.268 e. The van der Waals surface area contributed by atoms with Crippen LogP contribution in [0.15, 0.2) is 36.7 Å². The smallest absolute Gasteiger partial charge is 0.268 e. The molecule has 78 valence electrons. The summed E-state index contributed by atoms with van der Waals surface area (Å²) in [6.07, 6.45) is -1.47. The number of aliphatic hydroxyl groups excluding tert-OH is 1. The number of halogens is 2. The van der Waals surface area contributed by atoms with Crippen LogP contribution in [0.25, 0.3) is 10.8 Å². The minimum absolute atomic E-state index is 0.218. The summed E-state index contributed by atoms with van der Waals surface area (Å²) in [6.45, 7) is 0. The first-order chi connectivity index (χ1) is 7.20. The van der Waals surface area contributed by atoms with Crippen molar-refractivity contribution in [3.05, 3.63) is 42.2 Å². The molecule has 1 atom stereocenters. The molecule has 0 radical (unpaired) electrons. The topological polar surface area (TPSA) is 33.1 Å². The number of hydrogen-bond donors (Lipinski definition) is 1. The van der Waals surface area contributed by atoms with E-state index >= 15 is 0 Å². The molecule has 0 saturated carbocycles. The van der Waals surface area contributed by atoms with Crippen molar-refractivity contribution in [2.45, 2.75) is 12.5 Å². The van der Waals surface area contributed by atoms with E-state index < -0.39 is 12.5 Å². The molecule has 0 bridgehead atoms. The Bertz CT molecular complexity index is 468. The van der Waals surface area contributed by atoms with Gasteiger partial charge in [-0.3, -0.25) is 4.98 Å². The van der Waals surface area contributed by atoms with Crippen LogP contribution in [0.2, 0.25) is 0 Å². The SMILES string of the molecule is OC(c1cccc2ccncc12)C(F)F. The molecule has 2 rings (SSSR count). The minimum Gasteiger partial charge on any atom is -0.382 e. The van der Waals surface area contributed by atoms with Gasteiger partial charge in [0.15, 0.2) is 0 Å². The standard InChI is InChI=1S/C11H9F2NO/c12-11(13)10(15)8-3-1-2-7-4-5-14-6-9(7)8/h1-6,10-11,15H. The molecule has 0 fully saturated rings. The van der Waals surface area contributed by atoms with Gasteiger partial charge in [-0.25, -0.2) is 8.78 Å². The number of aromatic nitrogens is 1. The highest BCUT2D eigenvalue weighted by Gasteiger charge is 2.20. The molecule has 0 aliphatic heterocycles. The van der Waals surface area contributed by atoms with Crippen LogP contribution in [0.3, 0.4) is 0 Å². The second kappa shape index (κ2) is 3.90. The molecule has 15 heavy (non-hydrogen) atoms. The number of hydrogen-bond acceptors (Lipinski definition) is 2. The minimum atomic E-state index is -2.78. The summed E-state index contributed by atoms with van der Waals surface area (Å²) >= 11 is 0. The fourth-order valence-corrected chi connectivity index (χ4v) is 1.53. The average molecular weight is 209 g/mol. The number of alkyl halides is 2. The van der Waals surface area contributed by atoms with E-state index in [9.17, 15) is 13.9 Å². The van der Waals surface area contributed by atoms with Crippen molar-refractivity contribution in [1.29, 1.82) is 0 Å². The molecule has 0 amide bonds. The molecule has 4 heteroatoms. The van der Waals surface area contributed by atoms with Crippen LogP contribution in [0.5, 0.6) is 0 Å². The third-order valence-electron chi connectivity index (χ3n) is 2.27. The second-order valence-corrected chi connectivity index (χ2v) is 3.22. The summed E-state index contributed by atoms with van der Waals surface area (Å²) in [6, 6.07) is 6.64. The summed E-state index contributed by atoms with van der Waals surface area (Å²) in [5, 5.41) is 10.7. The highest BCUT2D eigenvalue weighted by Crippen LogP contribution is 2.27. The highest BCUT2D eigenvalue weighted by molar-refractivity contribution is 5.85. The van der Waals surface area contributed by atoms with Crippen molar-refractivity contribution in [2.24, 2.45) is 0 Å². The van der Waals surface area contributed by atoms with Crippen molar-refractivity contribution < 1.29 is 13.9 Å². The Balaban J connectivity index is 2.60. The third-order valence-corrected chi connectivity index (χ3v) is 2.27. The van der Waals surface area contributed by atoms with Gasteiger partial charge in [-0.1, -0.05) is 18.2 Å². The molecule has 1 unspecified atom stereocenters. The predicted molar refractivity (Wildman–Crippen MR) is 52.7 cm³/mol. The van der Waals surface area contributed by atoms with Crippen LogP contribution < -0.4 is 0 Å². The van der Waals surface area contributed by atoms with Crippen molar-refractivity contribution in [1.82, 2.24) is 4.98 Å². The van der Waals surface area contributed by atoms with Gasteiger partial charge < -0.3 is 5.11 Å². The predicted octanol–water partition coefficient (Wildman–Crippen LogP) is 2.53. The van der Waals surface area contributed by atoms with E-state index in [0.717, 1.165) is 5.39 Å². The van der Waals surface area contributed by atoms with Gasteiger partial charge in [0, 0.05) is 17.8 Å². The monoisotopic (exact) mass is 209 g/mol. The molecular formula is C11H9F2NO. The van der Waals surface area contributed by atoms with Gasteiger partial charge in [-0.15, -0.1) is 0 Å². The lowest BCUT2D eigenvalue weighted by molar-refractivity contribution is -0.00495. The van der Waals surface area contributed by atoms with Crippen molar-refractivity contribution in [2.75, 3.05) is 0 Å². The van der Waals surface area contributed by atoms with Gasteiger partial charge >= 0.3 is 0 Å². The summed E-state index contributed by atoms with van der Waals surface area (Å²) in [7, 11) is 0. The molecule has 2 nitrogen and oxygen atoms in total. The van der Waals surface area contributed by atoms with Gasteiger partial charge in [-0.2, -0.15) is 0 Å². The first-order valence-electron chi connectivity index (χ1n) is 4.49. The van der Waals surface area contributed by atoms with E-state index in [1.165, 1.54) is 12.3 Å². The van der Waals surface area contributed by atoms with Crippen LogP contribution >= 0.6 is 0 Å². The fourth-order valence-electron chi connectivity index (χ4n) is 1.53. The number of pyridine rings is 1. The molecular weight excluding hydrogens is 200 g/mol. The van der Waals surface area contributed by atoms with Gasteiger partial charge in [0.1, 0.15) is 6.10 Å². The van der Waals surface area contributed by atoms with Crippen LogP contribution in [0, 0.1) is 0 Å². The lowest BCUT2D eigenvalue weighted by atomic mass is 10.0. The quantitative estimate of drug-likeness (QED) is 0.824. The van der Waals surface area contributed by atoms with E-state index in [2.05, 4.69) is 4.98 Å². The van der Waals surface area contributed by atoms with Gasteiger partial charge in [0.05, 0.1) is 0 Å². The van der Waals surface area contributed by atoms with Gasteiger partial charge in [0.25, 0.3) is 6.43 Å². The zero-order valence-electron chi connectivity index (χ0n) is 7.77. The Labute approximate surface area is 85.2 Å². The summed E-state index contributed by atoms with van der Waals surface area (Å²) in [4.78, 5) is 3.86. The molecule has 1 aromatic carbocycles. The normalized spacial score (nSPS) is 13.3.